The minimum atomic E-state index is -3.84. The second-order valence-electron chi connectivity index (χ2n) is 7.55. The first-order chi connectivity index (χ1) is 14.5. The molecule has 1 fully saturated rings. The fourth-order valence-corrected chi connectivity index (χ4v) is 5.03. The van der Waals surface area contributed by atoms with E-state index in [2.05, 4.69) is 4.98 Å². The van der Waals surface area contributed by atoms with Crippen molar-refractivity contribution in [1.29, 1.82) is 0 Å². The second kappa shape index (κ2) is 8.52. The lowest BCUT2D eigenvalue weighted by molar-refractivity contribution is 0.414. The smallest absolute Gasteiger partial charge is 0.236 e. The molecule has 0 atom stereocenters. The molecule has 0 spiro atoms. The maximum Gasteiger partial charge on any atom is 0.236 e. The average molecular weight is 427 g/mol. The van der Waals surface area contributed by atoms with Crippen LogP contribution in [0, 0.1) is 6.92 Å². The van der Waals surface area contributed by atoms with E-state index in [9.17, 15) is 8.42 Å². The Hall–Kier alpha value is -2.80. The maximum atomic E-state index is 13.5. The van der Waals surface area contributed by atoms with Gasteiger partial charge < -0.3 is 14.1 Å². The summed E-state index contributed by atoms with van der Waals surface area (Å²) < 4.78 is 38.6. The predicted octanol–water partition coefficient (Wildman–Crippen LogP) is 4.87. The van der Waals surface area contributed by atoms with Crippen molar-refractivity contribution in [1.82, 2.24) is 4.98 Å². The van der Waals surface area contributed by atoms with Crippen LogP contribution in [0.25, 0.3) is 11.5 Å². The number of rotatable bonds is 5. The minimum Gasteiger partial charge on any atom is -0.496 e. The number of hydrogen-bond acceptors (Lipinski definition) is 6. The Labute approximate surface area is 177 Å². The van der Waals surface area contributed by atoms with Gasteiger partial charge in [-0.05, 0) is 44.0 Å². The van der Waals surface area contributed by atoms with Crippen LogP contribution < -0.4 is 9.64 Å². The number of hydrogen-bond donors (Lipinski definition) is 0. The lowest BCUT2D eigenvalue weighted by Crippen LogP contribution is -2.25. The van der Waals surface area contributed by atoms with E-state index in [1.54, 1.807) is 37.4 Å². The van der Waals surface area contributed by atoms with Gasteiger partial charge in [-0.3, -0.25) is 0 Å². The lowest BCUT2D eigenvalue weighted by Gasteiger charge is -2.20. The molecule has 2 heterocycles. The van der Waals surface area contributed by atoms with E-state index in [-0.39, 0.29) is 15.8 Å². The number of para-hydroxylation sites is 1. The molecule has 1 aromatic heterocycles. The number of anilines is 1. The molecule has 6 nitrogen and oxygen atoms in total. The highest BCUT2D eigenvalue weighted by Crippen LogP contribution is 2.38. The molecule has 1 saturated heterocycles. The number of aryl methyl sites for hydroxylation is 1. The Balaban J connectivity index is 1.87. The van der Waals surface area contributed by atoms with Crippen LogP contribution in [-0.2, 0) is 9.84 Å². The molecule has 0 N–H and O–H groups in total. The van der Waals surface area contributed by atoms with Crippen molar-refractivity contribution >= 4 is 15.7 Å². The van der Waals surface area contributed by atoms with Gasteiger partial charge in [0.2, 0.25) is 26.6 Å². The summed E-state index contributed by atoms with van der Waals surface area (Å²) >= 11 is 0. The topological polar surface area (TPSA) is 72.6 Å². The first kappa shape index (κ1) is 20.5. The van der Waals surface area contributed by atoms with Crippen LogP contribution in [0.15, 0.2) is 62.9 Å². The van der Waals surface area contributed by atoms with Crippen LogP contribution in [0.2, 0.25) is 0 Å². The Morgan fingerprint density at radius 2 is 1.63 bits per heavy atom. The van der Waals surface area contributed by atoms with Gasteiger partial charge in [-0.2, -0.15) is 4.98 Å². The van der Waals surface area contributed by atoms with E-state index in [0.717, 1.165) is 44.3 Å². The Morgan fingerprint density at radius 1 is 0.967 bits per heavy atom. The number of benzene rings is 2. The quantitative estimate of drug-likeness (QED) is 0.579. The van der Waals surface area contributed by atoms with Crippen LogP contribution in [0.3, 0.4) is 0 Å². The van der Waals surface area contributed by atoms with E-state index < -0.39 is 9.84 Å². The summed E-state index contributed by atoms with van der Waals surface area (Å²) in [6, 6.07) is 14.1. The van der Waals surface area contributed by atoms with Crippen LogP contribution in [-0.4, -0.2) is 33.6 Å². The summed E-state index contributed by atoms with van der Waals surface area (Å²) in [5.41, 5.74) is 1.62. The largest absolute Gasteiger partial charge is 0.496 e. The van der Waals surface area contributed by atoms with Crippen LogP contribution in [0.5, 0.6) is 5.75 Å². The first-order valence-corrected chi connectivity index (χ1v) is 11.7. The van der Waals surface area contributed by atoms with E-state index in [0.29, 0.717) is 17.2 Å². The molecule has 0 bridgehead atoms. The van der Waals surface area contributed by atoms with Gasteiger partial charge in [0.1, 0.15) is 5.75 Å². The highest BCUT2D eigenvalue weighted by Gasteiger charge is 2.32. The molecule has 1 aliphatic heterocycles. The fraction of sp³-hybridized carbons (Fsp3) is 0.348. The molecule has 0 radical (unpaired) electrons. The standard InChI is InChI=1S/C23H26N2O4S/c1-17-11-13-18(14-12-17)30(26,27)22-23(25-15-7-3-4-8-16-25)29-21(24-22)19-9-5-6-10-20(19)28-2/h5-6,9-14H,3-4,7-8,15-16H2,1-2H3. The summed E-state index contributed by atoms with van der Waals surface area (Å²) in [6.07, 6.45) is 4.25. The molecule has 158 valence electrons. The average Bonchev–Trinajstić information content (AvgIpc) is 3.03. The summed E-state index contributed by atoms with van der Waals surface area (Å²) in [5.74, 6) is 1.15. The number of methoxy groups -OCH3 is 1. The van der Waals surface area contributed by atoms with Crippen LogP contribution in [0.1, 0.15) is 31.2 Å². The molecule has 0 aliphatic carbocycles. The second-order valence-corrected chi connectivity index (χ2v) is 9.41. The highest BCUT2D eigenvalue weighted by molar-refractivity contribution is 7.91. The molecule has 3 aromatic rings. The van der Waals surface area contributed by atoms with Crippen molar-refractivity contribution in [2.45, 2.75) is 42.5 Å². The SMILES string of the molecule is COc1ccccc1-c1nc(S(=O)(=O)c2ccc(C)cc2)c(N2CCCCCC2)o1. The van der Waals surface area contributed by atoms with Crippen molar-refractivity contribution < 1.29 is 17.6 Å². The normalized spacial score (nSPS) is 15.1. The monoisotopic (exact) mass is 426 g/mol. The zero-order chi connectivity index (χ0) is 21.1. The molecule has 2 aromatic carbocycles. The molecular weight excluding hydrogens is 400 g/mol. The molecule has 1 aliphatic rings. The minimum absolute atomic E-state index is 0.0332. The van der Waals surface area contributed by atoms with Gasteiger partial charge >= 0.3 is 0 Å². The van der Waals surface area contributed by atoms with Gasteiger partial charge in [0, 0.05) is 13.1 Å². The van der Waals surface area contributed by atoms with Crippen molar-refractivity contribution in [3.05, 3.63) is 54.1 Å². The number of sulfone groups is 1. The summed E-state index contributed by atoms with van der Waals surface area (Å²) in [7, 11) is -2.27. The molecule has 0 saturated carbocycles. The third-order valence-electron chi connectivity index (χ3n) is 5.40. The summed E-state index contributed by atoms with van der Waals surface area (Å²) in [5, 5.41) is -0.0332. The van der Waals surface area contributed by atoms with Gasteiger partial charge in [0.15, 0.2) is 0 Å². The Morgan fingerprint density at radius 3 is 2.30 bits per heavy atom. The van der Waals surface area contributed by atoms with Crippen molar-refractivity contribution in [3.8, 4) is 17.2 Å². The lowest BCUT2D eigenvalue weighted by atomic mass is 10.2. The Bertz CT molecular complexity index is 1110. The van der Waals surface area contributed by atoms with Crippen molar-refractivity contribution in [2.24, 2.45) is 0 Å². The van der Waals surface area contributed by atoms with Gasteiger partial charge in [-0.1, -0.05) is 42.7 Å². The van der Waals surface area contributed by atoms with Crippen LogP contribution in [0.4, 0.5) is 5.88 Å². The van der Waals surface area contributed by atoms with Gasteiger partial charge in [0.05, 0.1) is 17.6 Å². The van der Waals surface area contributed by atoms with E-state index in [4.69, 9.17) is 9.15 Å². The van der Waals surface area contributed by atoms with E-state index >= 15 is 0 Å². The highest BCUT2D eigenvalue weighted by atomic mass is 32.2. The number of oxazole rings is 1. The van der Waals surface area contributed by atoms with Crippen molar-refractivity contribution in [3.63, 3.8) is 0 Å². The molecule has 30 heavy (non-hydrogen) atoms. The number of nitrogens with zero attached hydrogens (tertiary/aromatic N) is 2. The third kappa shape index (κ3) is 3.94. The zero-order valence-electron chi connectivity index (χ0n) is 17.3. The molecule has 4 rings (SSSR count). The maximum absolute atomic E-state index is 13.5. The van der Waals surface area contributed by atoms with Crippen molar-refractivity contribution in [2.75, 3.05) is 25.1 Å². The van der Waals surface area contributed by atoms with E-state index in [1.165, 1.54) is 0 Å². The molecule has 7 heteroatoms. The first-order valence-electron chi connectivity index (χ1n) is 10.2. The van der Waals surface area contributed by atoms with Gasteiger partial charge in [-0.15, -0.1) is 0 Å². The van der Waals surface area contributed by atoms with E-state index in [1.807, 2.05) is 30.0 Å². The van der Waals surface area contributed by atoms with Gasteiger partial charge in [-0.25, -0.2) is 8.42 Å². The fourth-order valence-electron chi connectivity index (χ4n) is 3.71. The summed E-state index contributed by atoms with van der Waals surface area (Å²) in [6.45, 7) is 3.42. The van der Waals surface area contributed by atoms with Gasteiger partial charge in [0.25, 0.3) is 0 Å². The molecular formula is C23H26N2O4S. The zero-order valence-corrected chi connectivity index (χ0v) is 18.1. The third-order valence-corrected chi connectivity index (χ3v) is 7.06. The Kier molecular flexibility index (Phi) is 5.81. The number of ether oxygens (including phenoxy) is 1. The summed E-state index contributed by atoms with van der Waals surface area (Å²) in [4.78, 5) is 6.72. The predicted molar refractivity (Wildman–Crippen MR) is 116 cm³/mol. The molecule has 0 amide bonds. The number of aromatic nitrogens is 1. The molecule has 0 unspecified atom stereocenters. The van der Waals surface area contributed by atoms with Crippen LogP contribution >= 0.6 is 0 Å².